The molecule has 1 fully saturated rings. The molecule has 1 N–H and O–H groups in total. The van der Waals surface area contributed by atoms with Crippen molar-refractivity contribution in [2.24, 2.45) is 5.92 Å². The predicted octanol–water partition coefficient (Wildman–Crippen LogP) is -0.138. The lowest BCUT2D eigenvalue weighted by atomic mass is 10.0. The monoisotopic (exact) mass is 187 g/mol. The lowest BCUT2D eigenvalue weighted by molar-refractivity contribution is -0.130. The maximum atomic E-state index is 11.4. The van der Waals surface area contributed by atoms with Crippen molar-refractivity contribution in [2.75, 3.05) is 27.3 Å². The van der Waals surface area contributed by atoms with E-state index in [-0.39, 0.29) is 11.8 Å². The largest absolute Gasteiger partial charge is 0.391 e. The van der Waals surface area contributed by atoms with Crippen molar-refractivity contribution >= 4 is 5.91 Å². The van der Waals surface area contributed by atoms with Crippen molar-refractivity contribution in [1.82, 2.24) is 4.90 Å². The molecule has 1 saturated heterocycles. The van der Waals surface area contributed by atoms with E-state index in [1.54, 1.807) is 19.1 Å². The molecule has 13 heavy (non-hydrogen) atoms. The molecule has 0 aromatic rings. The number of aliphatic hydroxyl groups is 1. The summed E-state index contributed by atoms with van der Waals surface area (Å²) in [4.78, 5) is 13.1. The molecule has 1 heterocycles. The van der Waals surface area contributed by atoms with Crippen molar-refractivity contribution in [3.05, 3.63) is 0 Å². The van der Waals surface area contributed by atoms with Gasteiger partial charge in [-0.3, -0.25) is 4.79 Å². The molecule has 0 radical (unpaired) electrons. The number of ether oxygens (including phenoxy) is 1. The van der Waals surface area contributed by atoms with Crippen LogP contribution in [0.4, 0.5) is 0 Å². The van der Waals surface area contributed by atoms with Crippen LogP contribution in [0.15, 0.2) is 0 Å². The van der Waals surface area contributed by atoms with Crippen molar-refractivity contribution in [1.29, 1.82) is 0 Å². The van der Waals surface area contributed by atoms with Gasteiger partial charge in [0.25, 0.3) is 0 Å². The third-order valence-electron chi connectivity index (χ3n) is 2.45. The number of rotatable bonds is 4. The van der Waals surface area contributed by atoms with Gasteiger partial charge in [-0.25, -0.2) is 0 Å². The van der Waals surface area contributed by atoms with Crippen LogP contribution in [0.1, 0.15) is 12.8 Å². The van der Waals surface area contributed by atoms with Gasteiger partial charge in [-0.2, -0.15) is 0 Å². The van der Waals surface area contributed by atoms with Gasteiger partial charge in [0.05, 0.1) is 12.7 Å². The molecule has 0 aromatic carbocycles. The van der Waals surface area contributed by atoms with Gasteiger partial charge in [0.1, 0.15) is 0 Å². The molecule has 76 valence electrons. The Balaban J connectivity index is 2.33. The molecule has 4 nitrogen and oxygen atoms in total. The first-order chi connectivity index (χ1) is 6.15. The molecule has 0 aliphatic carbocycles. The van der Waals surface area contributed by atoms with Crippen LogP contribution in [0.2, 0.25) is 0 Å². The average Bonchev–Trinajstić information content (AvgIpc) is 2.37. The molecular formula is C9H17NO3. The fourth-order valence-electron chi connectivity index (χ4n) is 1.70. The highest BCUT2D eigenvalue weighted by molar-refractivity contribution is 5.80. The quantitative estimate of drug-likeness (QED) is 0.666. The summed E-state index contributed by atoms with van der Waals surface area (Å²) in [5.41, 5.74) is 0. The minimum absolute atomic E-state index is 0.00449. The summed E-state index contributed by atoms with van der Waals surface area (Å²) in [7, 11) is 3.34. The maximum absolute atomic E-state index is 11.4. The third kappa shape index (κ3) is 2.67. The predicted molar refractivity (Wildman–Crippen MR) is 48.2 cm³/mol. The molecule has 1 rings (SSSR count). The summed E-state index contributed by atoms with van der Waals surface area (Å²) in [6.45, 7) is 1.12. The second kappa shape index (κ2) is 4.58. The van der Waals surface area contributed by atoms with Crippen molar-refractivity contribution in [3.63, 3.8) is 0 Å². The smallest absolute Gasteiger partial charge is 0.225 e. The Morgan fingerprint density at radius 3 is 2.92 bits per heavy atom. The van der Waals surface area contributed by atoms with Gasteiger partial charge in [0.2, 0.25) is 5.91 Å². The van der Waals surface area contributed by atoms with E-state index in [1.165, 1.54) is 0 Å². The van der Waals surface area contributed by atoms with Gasteiger partial charge < -0.3 is 14.7 Å². The van der Waals surface area contributed by atoms with Crippen LogP contribution in [0, 0.1) is 5.92 Å². The zero-order chi connectivity index (χ0) is 9.84. The van der Waals surface area contributed by atoms with E-state index < -0.39 is 6.10 Å². The number of carbonyl (C=O) groups excluding carboxylic acids is 1. The normalized spacial score (nSPS) is 25.3. The highest BCUT2D eigenvalue weighted by atomic mass is 16.5. The highest BCUT2D eigenvalue weighted by Crippen LogP contribution is 2.21. The summed E-state index contributed by atoms with van der Waals surface area (Å²) in [5, 5.41) is 9.42. The Labute approximate surface area is 78.5 Å². The fraction of sp³-hybridized carbons (Fsp3) is 0.889. The van der Waals surface area contributed by atoms with E-state index in [9.17, 15) is 9.90 Å². The van der Waals surface area contributed by atoms with Gasteiger partial charge in [-0.1, -0.05) is 0 Å². The number of aliphatic hydroxyl groups excluding tert-OH is 1. The summed E-state index contributed by atoms with van der Waals surface area (Å²) in [5.74, 6) is 0.144. The summed E-state index contributed by atoms with van der Waals surface area (Å²) in [6, 6.07) is 0. The number of amides is 1. The standard InChI is InChI=1S/C9H17NO3/c1-10-4-3-7(9(10)12)5-8(11)6-13-2/h7-8,11H,3-6H2,1-2H3. The minimum atomic E-state index is -0.509. The average molecular weight is 187 g/mol. The number of methoxy groups -OCH3 is 1. The molecule has 2 atom stereocenters. The van der Waals surface area contributed by atoms with Crippen LogP contribution in [-0.2, 0) is 9.53 Å². The summed E-state index contributed by atoms with van der Waals surface area (Å²) >= 11 is 0. The van der Waals surface area contributed by atoms with E-state index in [2.05, 4.69) is 0 Å². The molecule has 1 aliphatic rings. The zero-order valence-corrected chi connectivity index (χ0v) is 8.19. The van der Waals surface area contributed by atoms with Crippen LogP contribution in [0.3, 0.4) is 0 Å². The van der Waals surface area contributed by atoms with E-state index in [0.717, 1.165) is 13.0 Å². The summed E-state index contributed by atoms with van der Waals surface area (Å²) < 4.78 is 4.80. The summed E-state index contributed by atoms with van der Waals surface area (Å²) in [6.07, 6.45) is 0.873. The topological polar surface area (TPSA) is 49.8 Å². The minimum Gasteiger partial charge on any atom is -0.391 e. The molecule has 0 aromatic heterocycles. The highest BCUT2D eigenvalue weighted by Gasteiger charge is 2.30. The van der Waals surface area contributed by atoms with Gasteiger partial charge >= 0.3 is 0 Å². The second-order valence-corrected chi connectivity index (χ2v) is 3.59. The van der Waals surface area contributed by atoms with Crippen LogP contribution in [0.5, 0.6) is 0 Å². The SMILES string of the molecule is COCC(O)CC1CCN(C)C1=O. The molecule has 0 bridgehead atoms. The first-order valence-corrected chi connectivity index (χ1v) is 4.57. The Hall–Kier alpha value is -0.610. The molecule has 0 saturated carbocycles. The number of hydrogen-bond acceptors (Lipinski definition) is 3. The maximum Gasteiger partial charge on any atom is 0.225 e. The van der Waals surface area contributed by atoms with Crippen LogP contribution in [0.25, 0.3) is 0 Å². The van der Waals surface area contributed by atoms with E-state index in [4.69, 9.17) is 4.74 Å². The van der Waals surface area contributed by atoms with E-state index in [1.807, 2.05) is 0 Å². The second-order valence-electron chi connectivity index (χ2n) is 3.59. The lowest BCUT2D eigenvalue weighted by Gasteiger charge is -2.13. The van der Waals surface area contributed by atoms with E-state index >= 15 is 0 Å². The van der Waals surface area contributed by atoms with Gasteiger partial charge in [-0.15, -0.1) is 0 Å². The molecule has 1 amide bonds. The number of nitrogens with zero attached hydrogens (tertiary/aromatic N) is 1. The van der Waals surface area contributed by atoms with E-state index in [0.29, 0.717) is 13.0 Å². The van der Waals surface area contributed by atoms with Crippen LogP contribution in [-0.4, -0.2) is 49.3 Å². The third-order valence-corrected chi connectivity index (χ3v) is 2.45. The fourth-order valence-corrected chi connectivity index (χ4v) is 1.70. The first kappa shape index (κ1) is 10.5. The van der Waals surface area contributed by atoms with Crippen molar-refractivity contribution in [2.45, 2.75) is 18.9 Å². The first-order valence-electron chi connectivity index (χ1n) is 4.57. The Morgan fingerprint density at radius 1 is 1.77 bits per heavy atom. The van der Waals surface area contributed by atoms with Crippen LogP contribution < -0.4 is 0 Å². The van der Waals surface area contributed by atoms with Crippen molar-refractivity contribution < 1.29 is 14.6 Å². The number of hydrogen-bond donors (Lipinski definition) is 1. The van der Waals surface area contributed by atoms with Crippen molar-refractivity contribution in [3.8, 4) is 0 Å². The molecule has 0 spiro atoms. The van der Waals surface area contributed by atoms with Crippen LogP contribution >= 0.6 is 0 Å². The lowest BCUT2D eigenvalue weighted by Crippen LogP contribution is -2.26. The Kier molecular flexibility index (Phi) is 3.69. The van der Waals surface area contributed by atoms with Gasteiger partial charge in [0.15, 0.2) is 0 Å². The molecule has 2 unspecified atom stereocenters. The molecule has 4 heteroatoms. The Morgan fingerprint density at radius 2 is 2.46 bits per heavy atom. The zero-order valence-electron chi connectivity index (χ0n) is 8.19. The molecular weight excluding hydrogens is 170 g/mol. The molecule has 1 aliphatic heterocycles. The van der Waals surface area contributed by atoms with Gasteiger partial charge in [-0.05, 0) is 12.8 Å². The number of carbonyl (C=O) groups is 1. The Bertz CT molecular complexity index is 184. The number of likely N-dealkylation sites (tertiary alicyclic amines) is 1. The van der Waals surface area contributed by atoms with Gasteiger partial charge in [0, 0.05) is 26.6 Å².